The lowest BCUT2D eigenvalue weighted by Gasteiger charge is -2.23. The summed E-state index contributed by atoms with van der Waals surface area (Å²) in [5.41, 5.74) is 0.573. The Morgan fingerprint density at radius 3 is 2.85 bits per heavy atom. The molecule has 0 unspecified atom stereocenters. The highest BCUT2D eigenvalue weighted by molar-refractivity contribution is 8.26. The first-order chi connectivity index (χ1) is 12.6. The molecule has 1 N–H and O–H groups in total. The van der Waals surface area contributed by atoms with Crippen molar-refractivity contribution >= 4 is 40.3 Å². The Labute approximate surface area is 164 Å². The third kappa shape index (κ3) is 4.41. The van der Waals surface area contributed by atoms with Gasteiger partial charge < -0.3 is 9.84 Å². The molecule has 3 rings (SSSR count). The lowest BCUT2D eigenvalue weighted by atomic mass is 9.87. The monoisotopic (exact) mass is 391 g/mol. The Bertz CT molecular complexity index is 711. The number of thioether (sulfide) groups is 1. The van der Waals surface area contributed by atoms with Gasteiger partial charge in [0.25, 0.3) is 5.91 Å². The number of para-hydroxylation sites is 1. The van der Waals surface area contributed by atoms with Gasteiger partial charge in [0.15, 0.2) is 11.5 Å². The molecule has 6 heteroatoms. The van der Waals surface area contributed by atoms with Crippen molar-refractivity contribution in [3.8, 4) is 11.5 Å². The van der Waals surface area contributed by atoms with Crippen LogP contribution in [0.4, 0.5) is 0 Å². The smallest absolute Gasteiger partial charge is 0.266 e. The molecule has 1 aromatic carbocycles. The number of rotatable bonds is 6. The predicted octanol–water partition coefficient (Wildman–Crippen LogP) is 4.96. The van der Waals surface area contributed by atoms with Gasteiger partial charge in [0.2, 0.25) is 0 Å². The highest BCUT2D eigenvalue weighted by Crippen LogP contribution is 2.37. The number of hydrogen-bond acceptors (Lipinski definition) is 5. The number of ether oxygens (including phenoxy) is 1. The zero-order chi connectivity index (χ0) is 18.5. The summed E-state index contributed by atoms with van der Waals surface area (Å²) in [6.07, 6.45) is 9.20. The fourth-order valence-corrected chi connectivity index (χ4v) is 4.85. The molecule has 1 heterocycles. The van der Waals surface area contributed by atoms with Crippen LogP contribution in [0.15, 0.2) is 23.1 Å². The van der Waals surface area contributed by atoms with Crippen molar-refractivity contribution < 1.29 is 14.6 Å². The molecule has 1 amide bonds. The first kappa shape index (κ1) is 19.2. The van der Waals surface area contributed by atoms with Crippen molar-refractivity contribution in [2.24, 2.45) is 5.92 Å². The topological polar surface area (TPSA) is 49.8 Å². The van der Waals surface area contributed by atoms with E-state index in [4.69, 9.17) is 17.0 Å². The van der Waals surface area contributed by atoms with Crippen LogP contribution in [0.3, 0.4) is 0 Å². The Hall–Kier alpha value is -1.53. The van der Waals surface area contributed by atoms with Crippen molar-refractivity contribution in [1.82, 2.24) is 4.90 Å². The molecule has 140 valence electrons. The SMILES string of the molecule is CCOc1cccc(/C=C2/SC(=S)N(CCC3CCCCC3)C2=O)c1O. The Morgan fingerprint density at radius 1 is 1.35 bits per heavy atom. The molecule has 1 aliphatic carbocycles. The van der Waals surface area contributed by atoms with Crippen LogP contribution in [0.1, 0.15) is 51.0 Å². The summed E-state index contributed by atoms with van der Waals surface area (Å²) < 4.78 is 6.02. The second kappa shape index (κ2) is 8.91. The van der Waals surface area contributed by atoms with Crippen molar-refractivity contribution in [2.75, 3.05) is 13.2 Å². The molecular weight excluding hydrogens is 366 g/mol. The Kier molecular flexibility index (Phi) is 6.59. The average Bonchev–Trinajstić information content (AvgIpc) is 2.91. The maximum Gasteiger partial charge on any atom is 0.266 e. The third-order valence-corrected chi connectivity index (χ3v) is 6.35. The minimum absolute atomic E-state index is 0.0572. The molecule has 0 aromatic heterocycles. The molecule has 1 aromatic rings. The quantitative estimate of drug-likeness (QED) is 0.548. The number of thiocarbonyl (C=S) groups is 1. The number of benzene rings is 1. The van der Waals surface area contributed by atoms with Gasteiger partial charge in [0, 0.05) is 12.1 Å². The highest BCUT2D eigenvalue weighted by atomic mass is 32.2. The van der Waals surface area contributed by atoms with E-state index in [-0.39, 0.29) is 11.7 Å². The zero-order valence-electron chi connectivity index (χ0n) is 15.1. The van der Waals surface area contributed by atoms with E-state index in [1.807, 2.05) is 6.92 Å². The molecular formula is C20H25NO3S2. The first-order valence-corrected chi connectivity index (χ1v) is 10.5. The van der Waals surface area contributed by atoms with Crippen LogP contribution in [0.25, 0.3) is 6.08 Å². The van der Waals surface area contributed by atoms with Gasteiger partial charge in [0.05, 0.1) is 11.5 Å². The fourth-order valence-electron chi connectivity index (χ4n) is 3.55. The maximum absolute atomic E-state index is 12.8. The van der Waals surface area contributed by atoms with Crippen molar-refractivity contribution in [1.29, 1.82) is 0 Å². The van der Waals surface area contributed by atoms with Crippen LogP contribution in [0.2, 0.25) is 0 Å². The van der Waals surface area contributed by atoms with Crippen LogP contribution in [0.5, 0.6) is 11.5 Å². The minimum atomic E-state index is -0.0583. The van der Waals surface area contributed by atoms with Gasteiger partial charge in [-0.05, 0) is 31.4 Å². The summed E-state index contributed by atoms with van der Waals surface area (Å²) in [6.45, 7) is 3.03. The molecule has 0 bridgehead atoms. The Balaban J connectivity index is 1.70. The predicted molar refractivity (Wildman–Crippen MR) is 110 cm³/mol. The molecule has 0 atom stereocenters. The summed E-state index contributed by atoms with van der Waals surface area (Å²) >= 11 is 6.73. The van der Waals surface area contributed by atoms with E-state index in [1.165, 1.54) is 43.9 Å². The molecule has 0 radical (unpaired) electrons. The number of phenolic OH excluding ortho intramolecular Hbond substituents is 1. The number of carbonyl (C=O) groups is 1. The van der Waals surface area contributed by atoms with E-state index in [1.54, 1.807) is 29.2 Å². The van der Waals surface area contributed by atoms with Gasteiger partial charge >= 0.3 is 0 Å². The lowest BCUT2D eigenvalue weighted by molar-refractivity contribution is -0.122. The number of nitrogens with zero attached hydrogens (tertiary/aromatic N) is 1. The van der Waals surface area contributed by atoms with Gasteiger partial charge in [-0.1, -0.05) is 68.2 Å². The largest absolute Gasteiger partial charge is 0.504 e. The third-order valence-electron chi connectivity index (χ3n) is 4.98. The number of phenols is 1. The Morgan fingerprint density at radius 2 is 2.12 bits per heavy atom. The molecule has 1 saturated heterocycles. The van der Waals surface area contributed by atoms with Crippen LogP contribution in [0, 0.1) is 5.92 Å². The van der Waals surface area contributed by atoms with Crippen molar-refractivity contribution in [3.05, 3.63) is 28.7 Å². The molecule has 1 saturated carbocycles. The summed E-state index contributed by atoms with van der Waals surface area (Å²) in [5, 5.41) is 10.3. The van der Waals surface area contributed by atoms with Gasteiger partial charge in [-0.15, -0.1) is 0 Å². The maximum atomic E-state index is 12.8. The molecule has 2 aliphatic rings. The highest BCUT2D eigenvalue weighted by Gasteiger charge is 2.32. The van der Waals surface area contributed by atoms with E-state index >= 15 is 0 Å². The molecule has 4 nitrogen and oxygen atoms in total. The van der Waals surface area contributed by atoms with Crippen LogP contribution >= 0.6 is 24.0 Å². The number of amides is 1. The van der Waals surface area contributed by atoms with Gasteiger partial charge in [-0.3, -0.25) is 9.69 Å². The first-order valence-electron chi connectivity index (χ1n) is 9.30. The standard InChI is InChI=1S/C20H25NO3S2/c1-2-24-16-10-6-9-15(18(16)22)13-17-19(23)21(20(25)26-17)12-11-14-7-4-3-5-8-14/h6,9-10,13-14,22H,2-5,7-8,11-12H2,1H3/b17-13+. The van der Waals surface area contributed by atoms with Crippen LogP contribution in [-0.4, -0.2) is 33.4 Å². The van der Waals surface area contributed by atoms with Crippen molar-refractivity contribution in [3.63, 3.8) is 0 Å². The number of aromatic hydroxyl groups is 1. The van der Waals surface area contributed by atoms with E-state index in [2.05, 4.69) is 0 Å². The molecule has 26 heavy (non-hydrogen) atoms. The van der Waals surface area contributed by atoms with Gasteiger partial charge in [-0.2, -0.15) is 0 Å². The lowest BCUT2D eigenvalue weighted by Crippen LogP contribution is -2.30. The molecule has 0 spiro atoms. The number of hydrogen-bond donors (Lipinski definition) is 1. The number of carbonyl (C=O) groups excluding carboxylic acids is 1. The van der Waals surface area contributed by atoms with Crippen molar-refractivity contribution in [2.45, 2.75) is 45.4 Å². The van der Waals surface area contributed by atoms with E-state index in [9.17, 15) is 9.90 Å². The van der Waals surface area contributed by atoms with E-state index in [0.29, 0.717) is 39.6 Å². The summed E-state index contributed by atoms with van der Waals surface area (Å²) in [6, 6.07) is 5.29. The summed E-state index contributed by atoms with van der Waals surface area (Å²) in [5.74, 6) is 1.14. The molecule has 2 fully saturated rings. The van der Waals surface area contributed by atoms with E-state index in [0.717, 1.165) is 6.42 Å². The molecule has 1 aliphatic heterocycles. The second-order valence-corrected chi connectivity index (χ2v) is 8.43. The normalized spacial score (nSPS) is 20.2. The van der Waals surface area contributed by atoms with Crippen LogP contribution in [-0.2, 0) is 4.79 Å². The zero-order valence-corrected chi connectivity index (χ0v) is 16.7. The van der Waals surface area contributed by atoms with E-state index < -0.39 is 0 Å². The van der Waals surface area contributed by atoms with Crippen LogP contribution < -0.4 is 4.74 Å². The van der Waals surface area contributed by atoms with Gasteiger partial charge in [0.1, 0.15) is 4.32 Å². The summed E-state index contributed by atoms with van der Waals surface area (Å²) in [4.78, 5) is 15.0. The minimum Gasteiger partial charge on any atom is -0.504 e. The fraction of sp³-hybridized carbons (Fsp3) is 0.500. The second-order valence-electron chi connectivity index (χ2n) is 6.75. The summed E-state index contributed by atoms with van der Waals surface area (Å²) in [7, 11) is 0. The van der Waals surface area contributed by atoms with Gasteiger partial charge in [-0.25, -0.2) is 0 Å². The average molecular weight is 392 g/mol.